The van der Waals surface area contributed by atoms with Crippen molar-refractivity contribution in [2.75, 3.05) is 23.7 Å². The molecular formula is C18H22N4OS2. The van der Waals surface area contributed by atoms with Crippen LogP contribution in [0.5, 0.6) is 0 Å². The molecule has 0 amide bonds. The van der Waals surface area contributed by atoms with E-state index >= 15 is 0 Å². The molecule has 7 heteroatoms. The van der Waals surface area contributed by atoms with E-state index < -0.39 is 0 Å². The number of rotatable bonds is 7. The molecule has 0 spiro atoms. The molecule has 0 radical (unpaired) electrons. The van der Waals surface area contributed by atoms with Crippen molar-refractivity contribution in [3.05, 3.63) is 41.1 Å². The highest BCUT2D eigenvalue weighted by Crippen LogP contribution is 2.34. The topological polar surface area (TPSA) is 51.0 Å². The van der Waals surface area contributed by atoms with Gasteiger partial charge in [0.2, 0.25) is 5.43 Å². The third kappa shape index (κ3) is 3.57. The first-order valence-corrected chi connectivity index (χ1v) is 10.3. The van der Waals surface area contributed by atoms with Gasteiger partial charge in [-0.1, -0.05) is 6.92 Å². The Labute approximate surface area is 155 Å². The maximum Gasteiger partial charge on any atom is 0.214 e. The van der Waals surface area contributed by atoms with Crippen molar-refractivity contribution in [1.82, 2.24) is 14.8 Å². The standard InChI is InChI=1S/C18H22N4OS2/c1-4-9-24-18-16(22-12-19-11-20-22)17(23)14-8-7-13(10-15(14)25-18)21(5-2)6-3/h7-8,10-12H,4-6,9H2,1-3H3. The Balaban J connectivity index is 2.20. The fraction of sp³-hybridized carbons (Fsp3) is 0.389. The van der Waals surface area contributed by atoms with Gasteiger partial charge in [-0.05, 0) is 44.2 Å². The van der Waals surface area contributed by atoms with Crippen LogP contribution in [-0.2, 0) is 0 Å². The molecule has 0 atom stereocenters. The molecule has 2 aromatic heterocycles. The average Bonchev–Trinajstić information content (AvgIpc) is 3.15. The van der Waals surface area contributed by atoms with Crippen LogP contribution >= 0.6 is 23.1 Å². The Morgan fingerprint density at radius 3 is 2.68 bits per heavy atom. The van der Waals surface area contributed by atoms with Crippen LogP contribution in [0.1, 0.15) is 27.2 Å². The molecule has 132 valence electrons. The second kappa shape index (κ2) is 8.01. The van der Waals surface area contributed by atoms with Gasteiger partial charge in [0.05, 0.1) is 4.21 Å². The smallest absolute Gasteiger partial charge is 0.214 e. The monoisotopic (exact) mass is 374 g/mol. The number of nitrogens with zero attached hydrogens (tertiary/aromatic N) is 4. The van der Waals surface area contributed by atoms with E-state index in [9.17, 15) is 4.79 Å². The summed E-state index contributed by atoms with van der Waals surface area (Å²) >= 11 is 3.38. The maximum absolute atomic E-state index is 13.1. The molecule has 2 heterocycles. The lowest BCUT2D eigenvalue weighted by Gasteiger charge is -2.21. The summed E-state index contributed by atoms with van der Waals surface area (Å²) < 4.78 is 3.62. The molecule has 0 saturated heterocycles. The van der Waals surface area contributed by atoms with E-state index in [0.29, 0.717) is 5.69 Å². The lowest BCUT2D eigenvalue weighted by atomic mass is 10.2. The van der Waals surface area contributed by atoms with Crippen LogP contribution in [0.2, 0.25) is 0 Å². The van der Waals surface area contributed by atoms with Crippen molar-refractivity contribution in [2.45, 2.75) is 31.4 Å². The predicted molar refractivity (Wildman–Crippen MR) is 108 cm³/mol. The van der Waals surface area contributed by atoms with Crippen LogP contribution in [0.25, 0.3) is 15.8 Å². The Kier molecular flexibility index (Phi) is 5.75. The zero-order valence-corrected chi connectivity index (χ0v) is 16.4. The summed E-state index contributed by atoms with van der Waals surface area (Å²) in [5.74, 6) is 0.971. The highest BCUT2D eigenvalue weighted by molar-refractivity contribution is 8.01. The van der Waals surface area contributed by atoms with E-state index in [4.69, 9.17) is 0 Å². The highest BCUT2D eigenvalue weighted by Gasteiger charge is 2.16. The molecule has 0 fully saturated rings. The first-order valence-electron chi connectivity index (χ1n) is 8.53. The minimum atomic E-state index is 0.0175. The SMILES string of the molecule is CCCSc1sc2cc(N(CC)CC)ccc2c(=O)c1-n1cncn1. The fourth-order valence-electron chi connectivity index (χ4n) is 2.75. The number of fused-ring (bicyclic) bond motifs is 1. The molecular weight excluding hydrogens is 352 g/mol. The number of benzene rings is 1. The van der Waals surface area contributed by atoms with E-state index in [1.807, 2.05) is 12.1 Å². The van der Waals surface area contributed by atoms with E-state index in [0.717, 1.165) is 45.2 Å². The molecule has 0 aliphatic carbocycles. The van der Waals surface area contributed by atoms with Crippen molar-refractivity contribution in [3.8, 4) is 5.69 Å². The maximum atomic E-state index is 13.1. The van der Waals surface area contributed by atoms with Gasteiger partial charge in [-0.2, -0.15) is 5.10 Å². The molecule has 0 N–H and O–H groups in total. The first-order chi connectivity index (χ1) is 12.2. The molecule has 25 heavy (non-hydrogen) atoms. The number of anilines is 1. The highest BCUT2D eigenvalue weighted by atomic mass is 32.2. The lowest BCUT2D eigenvalue weighted by molar-refractivity contribution is 0.861. The van der Waals surface area contributed by atoms with Crippen molar-refractivity contribution >= 4 is 38.9 Å². The number of hydrogen-bond donors (Lipinski definition) is 0. The number of aromatic nitrogens is 3. The van der Waals surface area contributed by atoms with Crippen LogP contribution in [0.15, 0.2) is 39.9 Å². The largest absolute Gasteiger partial charge is 0.372 e. The summed E-state index contributed by atoms with van der Waals surface area (Å²) in [6.07, 6.45) is 4.11. The van der Waals surface area contributed by atoms with Crippen molar-refractivity contribution < 1.29 is 0 Å². The van der Waals surface area contributed by atoms with E-state index in [-0.39, 0.29) is 5.43 Å². The Morgan fingerprint density at radius 2 is 2.04 bits per heavy atom. The van der Waals surface area contributed by atoms with E-state index in [1.54, 1.807) is 34.1 Å². The van der Waals surface area contributed by atoms with Gasteiger partial charge in [-0.3, -0.25) is 4.79 Å². The lowest BCUT2D eigenvalue weighted by Crippen LogP contribution is -2.21. The van der Waals surface area contributed by atoms with Crippen LogP contribution < -0.4 is 10.3 Å². The normalized spacial score (nSPS) is 11.2. The van der Waals surface area contributed by atoms with Gasteiger partial charge in [0.1, 0.15) is 18.3 Å². The zero-order chi connectivity index (χ0) is 17.8. The molecule has 5 nitrogen and oxygen atoms in total. The molecule has 0 aliphatic heterocycles. The van der Waals surface area contributed by atoms with Crippen LogP contribution in [0, 0.1) is 0 Å². The molecule has 1 aromatic carbocycles. The second-order valence-electron chi connectivity index (χ2n) is 5.61. The van der Waals surface area contributed by atoms with Crippen molar-refractivity contribution in [3.63, 3.8) is 0 Å². The van der Waals surface area contributed by atoms with E-state index in [1.165, 1.54) is 6.33 Å². The van der Waals surface area contributed by atoms with Crippen LogP contribution in [0.4, 0.5) is 5.69 Å². The zero-order valence-electron chi connectivity index (χ0n) is 14.7. The number of thioether (sulfide) groups is 1. The van der Waals surface area contributed by atoms with Gasteiger partial charge < -0.3 is 4.90 Å². The quantitative estimate of drug-likeness (QED) is 0.580. The molecule has 0 unspecified atom stereocenters. The summed E-state index contributed by atoms with van der Waals surface area (Å²) in [6, 6.07) is 6.11. The third-order valence-corrected chi connectivity index (χ3v) is 6.64. The summed E-state index contributed by atoms with van der Waals surface area (Å²) in [7, 11) is 0. The van der Waals surface area contributed by atoms with Gasteiger partial charge in [-0.15, -0.1) is 23.1 Å². The summed E-state index contributed by atoms with van der Waals surface area (Å²) in [5.41, 5.74) is 1.79. The second-order valence-corrected chi connectivity index (χ2v) is 8.02. The van der Waals surface area contributed by atoms with E-state index in [2.05, 4.69) is 41.8 Å². The Morgan fingerprint density at radius 1 is 1.24 bits per heavy atom. The Hall–Kier alpha value is -1.86. The van der Waals surface area contributed by atoms with Gasteiger partial charge in [-0.25, -0.2) is 9.67 Å². The predicted octanol–water partition coefficient (Wildman–Crippen LogP) is 4.19. The fourth-order valence-corrected chi connectivity index (χ4v) is 5.15. The van der Waals surface area contributed by atoms with Crippen LogP contribution in [0.3, 0.4) is 0 Å². The van der Waals surface area contributed by atoms with Crippen LogP contribution in [-0.4, -0.2) is 33.6 Å². The third-order valence-electron chi connectivity index (χ3n) is 4.03. The molecule has 0 bridgehead atoms. The Bertz CT molecular complexity index is 901. The molecule has 3 aromatic rings. The number of hydrogen-bond acceptors (Lipinski definition) is 6. The molecule has 0 aliphatic rings. The average molecular weight is 375 g/mol. The van der Waals surface area contributed by atoms with Crippen molar-refractivity contribution in [2.24, 2.45) is 0 Å². The minimum Gasteiger partial charge on any atom is -0.372 e. The summed E-state index contributed by atoms with van der Waals surface area (Å²) in [4.78, 5) is 19.4. The van der Waals surface area contributed by atoms with Gasteiger partial charge in [0.25, 0.3) is 0 Å². The minimum absolute atomic E-state index is 0.0175. The van der Waals surface area contributed by atoms with Gasteiger partial charge in [0, 0.05) is 28.9 Å². The van der Waals surface area contributed by atoms with Gasteiger partial charge >= 0.3 is 0 Å². The first kappa shape index (κ1) is 17.9. The molecule has 0 saturated carbocycles. The van der Waals surface area contributed by atoms with Crippen molar-refractivity contribution in [1.29, 1.82) is 0 Å². The summed E-state index contributed by atoms with van der Waals surface area (Å²) in [6.45, 7) is 8.33. The van der Waals surface area contributed by atoms with Gasteiger partial charge in [0.15, 0.2) is 0 Å². The molecule has 3 rings (SSSR count). The summed E-state index contributed by atoms with van der Waals surface area (Å²) in [5, 5.41) is 4.93.